The fraction of sp³-hybridized carbons (Fsp3) is 0.278. The number of carbonyl (C=O) groups excluding carboxylic acids is 1. The first-order chi connectivity index (χ1) is 12.9. The van der Waals surface area contributed by atoms with Gasteiger partial charge in [-0.15, -0.1) is 0 Å². The molecule has 0 radical (unpaired) electrons. The van der Waals surface area contributed by atoms with Crippen LogP contribution in [0.25, 0.3) is 5.65 Å². The van der Waals surface area contributed by atoms with Crippen molar-refractivity contribution in [3.05, 3.63) is 53.4 Å². The van der Waals surface area contributed by atoms with Crippen molar-refractivity contribution < 1.29 is 18.3 Å². The molecule has 0 spiro atoms. The summed E-state index contributed by atoms with van der Waals surface area (Å²) in [6.45, 7) is 3.59. The topological polar surface area (TPSA) is 80.6 Å². The lowest BCUT2D eigenvalue weighted by atomic mass is 10.1. The van der Waals surface area contributed by atoms with Gasteiger partial charge in [-0.05, 0) is 32.0 Å². The van der Waals surface area contributed by atoms with Crippen molar-refractivity contribution in [3.63, 3.8) is 0 Å². The van der Waals surface area contributed by atoms with E-state index < -0.39 is 23.8 Å². The van der Waals surface area contributed by atoms with E-state index in [-0.39, 0.29) is 23.8 Å². The Hall–Kier alpha value is -3.23. The minimum absolute atomic E-state index is 0.0582. The summed E-state index contributed by atoms with van der Waals surface area (Å²) >= 11 is 0. The number of nitrogens with one attached hydrogen (secondary N) is 2. The van der Waals surface area contributed by atoms with Crippen molar-refractivity contribution in [2.24, 2.45) is 0 Å². The van der Waals surface area contributed by atoms with Crippen LogP contribution in [-0.2, 0) is 0 Å². The number of ether oxygens (including phenoxy) is 1. The molecule has 27 heavy (non-hydrogen) atoms. The molecule has 0 unspecified atom stereocenters. The van der Waals surface area contributed by atoms with Crippen molar-refractivity contribution in [1.29, 1.82) is 0 Å². The van der Waals surface area contributed by atoms with Crippen LogP contribution >= 0.6 is 0 Å². The predicted octanol–water partition coefficient (Wildman–Crippen LogP) is 2.69. The smallest absolute Gasteiger partial charge is 0.256 e. The Bertz CT molecular complexity index is 1040. The lowest BCUT2D eigenvalue weighted by molar-refractivity contribution is 0.0933. The third-order valence-electron chi connectivity index (χ3n) is 4.38. The highest BCUT2D eigenvalue weighted by molar-refractivity contribution is 5.99. The monoisotopic (exact) mass is 373 g/mol. The first-order valence-corrected chi connectivity index (χ1v) is 8.47. The molecule has 1 aliphatic heterocycles. The molecule has 0 fully saturated rings. The molecule has 0 saturated carbocycles. The molecule has 7 nitrogen and oxygen atoms in total. The number of fused-ring (bicyclic) bond motifs is 2. The van der Waals surface area contributed by atoms with E-state index in [1.165, 1.54) is 16.8 Å². The molecule has 1 aliphatic rings. The zero-order valence-electron chi connectivity index (χ0n) is 14.7. The van der Waals surface area contributed by atoms with Gasteiger partial charge in [0.2, 0.25) is 0 Å². The molecule has 2 bridgehead atoms. The van der Waals surface area contributed by atoms with Gasteiger partial charge in [-0.2, -0.15) is 5.10 Å². The van der Waals surface area contributed by atoms with Crippen LogP contribution in [0.4, 0.5) is 14.6 Å². The van der Waals surface area contributed by atoms with Gasteiger partial charge >= 0.3 is 0 Å². The van der Waals surface area contributed by atoms with E-state index in [0.29, 0.717) is 17.0 Å². The Balaban J connectivity index is 1.85. The Morgan fingerprint density at radius 1 is 1.26 bits per heavy atom. The van der Waals surface area contributed by atoms with E-state index in [1.54, 1.807) is 26.1 Å². The first-order valence-electron chi connectivity index (χ1n) is 8.47. The average Bonchev–Trinajstić information content (AvgIpc) is 3.05. The van der Waals surface area contributed by atoms with Gasteiger partial charge in [0, 0.05) is 6.20 Å². The SMILES string of the molecule is C[C@H]1CNC(=O)c2cnn3ccc(nc23)N[C@H](C)c2c(ccc(F)c2F)O1. The Kier molecular flexibility index (Phi) is 4.14. The zero-order valence-corrected chi connectivity index (χ0v) is 14.7. The minimum Gasteiger partial charge on any atom is -0.488 e. The summed E-state index contributed by atoms with van der Waals surface area (Å²) in [4.78, 5) is 16.9. The molecule has 4 rings (SSSR count). The summed E-state index contributed by atoms with van der Waals surface area (Å²) in [6, 6.07) is 3.41. The second-order valence-corrected chi connectivity index (χ2v) is 6.42. The highest BCUT2D eigenvalue weighted by Crippen LogP contribution is 2.32. The van der Waals surface area contributed by atoms with Crippen LogP contribution in [-0.4, -0.2) is 33.2 Å². The summed E-state index contributed by atoms with van der Waals surface area (Å²) < 4.78 is 35.6. The van der Waals surface area contributed by atoms with Gasteiger partial charge < -0.3 is 15.4 Å². The van der Waals surface area contributed by atoms with Crippen molar-refractivity contribution in [2.75, 3.05) is 11.9 Å². The van der Waals surface area contributed by atoms with E-state index >= 15 is 0 Å². The van der Waals surface area contributed by atoms with E-state index in [2.05, 4.69) is 20.7 Å². The molecular formula is C18H17F2N5O2. The van der Waals surface area contributed by atoms with Gasteiger partial charge in [0.05, 0.1) is 24.3 Å². The summed E-state index contributed by atoms with van der Waals surface area (Å²) in [5, 5.41) is 9.89. The fourth-order valence-electron chi connectivity index (χ4n) is 3.05. The predicted molar refractivity (Wildman–Crippen MR) is 93.8 cm³/mol. The fourth-order valence-corrected chi connectivity index (χ4v) is 3.05. The highest BCUT2D eigenvalue weighted by atomic mass is 19.2. The summed E-state index contributed by atoms with van der Waals surface area (Å²) in [5.74, 6) is -1.68. The number of hydrogen-bond acceptors (Lipinski definition) is 5. The van der Waals surface area contributed by atoms with Gasteiger partial charge in [-0.25, -0.2) is 18.3 Å². The van der Waals surface area contributed by atoms with E-state index in [4.69, 9.17) is 4.74 Å². The molecular weight excluding hydrogens is 356 g/mol. The third-order valence-corrected chi connectivity index (χ3v) is 4.38. The lowest BCUT2D eigenvalue weighted by Gasteiger charge is -2.22. The number of halogens is 2. The molecule has 0 saturated heterocycles. The van der Waals surface area contributed by atoms with Crippen LogP contribution in [0.5, 0.6) is 5.75 Å². The molecule has 1 amide bonds. The van der Waals surface area contributed by atoms with Gasteiger partial charge in [-0.3, -0.25) is 4.79 Å². The van der Waals surface area contributed by atoms with E-state index in [9.17, 15) is 13.6 Å². The number of aromatic nitrogens is 3. The van der Waals surface area contributed by atoms with Crippen LogP contribution in [0.2, 0.25) is 0 Å². The van der Waals surface area contributed by atoms with Gasteiger partial charge in [0.15, 0.2) is 17.3 Å². The maximum atomic E-state index is 14.5. The van der Waals surface area contributed by atoms with Crippen LogP contribution in [0, 0.1) is 11.6 Å². The summed E-state index contributed by atoms with van der Waals surface area (Å²) in [5.41, 5.74) is 0.729. The standard InChI is InChI=1S/C18H17F2N5O2/c1-9-7-21-18(26)11-8-22-25-6-5-14(24-17(11)25)23-10(2)15-13(27-9)4-3-12(19)16(15)20/h3-6,8-10H,7H2,1-2H3,(H,21,26)(H,23,24)/t9-,10+/m0/s1. The number of benzene rings is 1. The molecule has 2 aromatic heterocycles. The number of anilines is 1. The lowest BCUT2D eigenvalue weighted by Crippen LogP contribution is -2.33. The third kappa shape index (κ3) is 3.05. The van der Waals surface area contributed by atoms with Crippen molar-refractivity contribution in [2.45, 2.75) is 26.0 Å². The Morgan fingerprint density at radius 3 is 2.89 bits per heavy atom. The van der Waals surface area contributed by atoms with Crippen LogP contribution in [0.1, 0.15) is 35.8 Å². The second kappa shape index (κ2) is 6.49. The Morgan fingerprint density at radius 2 is 2.07 bits per heavy atom. The van der Waals surface area contributed by atoms with Crippen molar-refractivity contribution in [1.82, 2.24) is 19.9 Å². The van der Waals surface area contributed by atoms with Crippen LogP contribution in [0.3, 0.4) is 0 Å². The van der Waals surface area contributed by atoms with E-state index in [0.717, 1.165) is 6.07 Å². The maximum Gasteiger partial charge on any atom is 0.256 e. The zero-order chi connectivity index (χ0) is 19.1. The molecule has 2 atom stereocenters. The van der Waals surface area contributed by atoms with Gasteiger partial charge in [-0.1, -0.05) is 0 Å². The van der Waals surface area contributed by atoms with Crippen molar-refractivity contribution >= 4 is 17.4 Å². The Labute approximate surface area is 153 Å². The number of rotatable bonds is 0. The van der Waals surface area contributed by atoms with Gasteiger partial charge in [0.25, 0.3) is 5.91 Å². The largest absolute Gasteiger partial charge is 0.488 e. The van der Waals surface area contributed by atoms with Crippen LogP contribution < -0.4 is 15.4 Å². The highest BCUT2D eigenvalue weighted by Gasteiger charge is 2.24. The molecule has 1 aromatic carbocycles. The van der Waals surface area contributed by atoms with Crippen molar-refractivity contribution in [3.8, 4) is 5.75 Å². The molecule has 2 N–H and O–H groups in total. The molecule has 3 heterocycles. The van der Waals surface area contributed by atoms with Gasteiger partial charge in [0.1, 0.15) is 23.2 Å². The molecule has 3 aromatic rings. The second-order valence-electron chi connectivity index (χ2n) is 6.42. The summed E-state index contributed by atoms with van der Waals surface area (Å²) in [7, 11) is 0. The number of carbonyl (C=O) groups is 1. The maximum absolute atomic E-state index is 14.5. The normalized spacial score (nSPS) is 19.9. The molecule has 9 heteroatoms. The van der Waals surface area contributed by atoms with E-state index in [1.807, 2.05) is 0 Å². The average molecular weight is 373 g/mol. The molecule has 140 valence electrons. The first kappa shape index (κ1) is 17.2. The number of amides is 1. The summed E-state index contributed by atoms with van der Waals surface area (Å²) in [6.07, 6.45) is 2.60. The number of nitrogens with zero attached hydrogens (tertiary/aromatic N) is 3. The number of hydrogen-bond donors (Lipinski definition) is 2. The minimum atomic E-state index is -0.982. The molecule has 0 aliphatic carbocycles. The quantitative estimate of drug-likeness (QED) is 0.633. The van der Waals surface area contributed by atoms with Crippen LogP contribution in [0.15, 0.2) is 30.6 Å².